The van der Waals surface area contributed by atoms with Crippen molar-refractivity contribution in [2.45, 2.75) is 0 Å². The van der Waals surface area contributed by atoms with Gasteiger partial charge in [-0.3, -0.25) is 4.79 Å². The molecule has 0 aliphatic carbocycles. The maximum absolute atomic E-state index is 12.2. The highest BCUT2D eigenvalue weighted by Crippen LogP contribution is 2.28. The first kappa shape index (κ1) is 20.2. The fraction of sp³-hybridized carbons (Fsp3) is 0.174. The first-order chi connectivity index (χ1) is 14.2. The van der Waals surface area contributed by atoms with Crippen LogP contribution in [0, 0.1) is 0 Å². The lowest BCUT2D eigenvalue weighted by molar-refractivity contribution is -0.115. The number of amides is 1. The van der Waals surface area contributed by atoms with Gasteiger partial charge in [0.05, 0.1) is 19.3 Å². The zero-order valence-electron chi connectivity index (χ0n) is 16.3. The summed E-state index contributed by atoms with van der Waals surface area (Å²) in [6.07, 6.45) is 0. The Balaban J connectivity index is 1.41. The third-order valence-corrected chi connectivity index (χ3v) is 4.02. The number of anilines is 1. The largest absolute Gasteiger partial charge is 0.497 e. The van der Waals surface area contributed by atoms with E-state index in [1.165, 1.54) is 0 Å². The van der Waals surface area contributed by atoms with E-state index in [-0.39, 0.29) is 12.5 Å². The summed E-state index contributed by atoms with van der Waals surface area (Å²) in [5, 5.41) is 5.94. The highest BCUT2D eigenvalue weighted by Gasteiger charge is 2.08. The Bertz CT molecular complexity index is 898. The van der Waals surface area contributed by atoms with Gasteiger partial charge in [0.25, 0.3) is 0 Å². The molecule has 29 heavy (non-hydrogen) atoms. The molecule has 3 aromatic rings. The summed E-state index contributed by atoms with van der Waals surface area (Å²) in [7, 11) is 1.62. The summed E-state index contributed by atoms with van der Waals surface area (Å²) in [5.74, 6) is 2.68. The van der Waals surface area contributed by atoms with E-state index in [1.54, 1.807) is 7.11 Å². The minimum atomic E-state index is -0.154. The van der Waals surface area contributed by atoms with Gasteiger partial charge in [-0.15, -0.1) is 0 Å². The van der Waals surface area contributed by atoms with Crippen LogP contribution in [-0.4, -0.2) is 32.7 Å². The number of methoxy groups -OCH3 is 1. The highest BCUT2D eigenvalue weighted by atomic mass is 16.5. The molecule has 0 saturated carbocycles. The number of ether oxygens (including phenoxy) is 3. The number of hydrogen-bond donors (Lipinski definition) is 2. The molecular formula is C23H24N2O4. The van der Waals surface area contributed by atoms with Gasteiger partial charge in [0.15, 0.2) is 5.75 Å². The van der Waals surface area contributed by atoms with Crippen molar-refractivity contribution in [3.8, 4) is 23.0 Å². The van der Waals surface area contributed by atoms with Crippen LogP contribution >= 0.6 is 0 Å². The summed E-state index contributed by atoms with van der Waals surface area (Å²) in [4.78, 5) is 12.2. The zero-order chi connectivity index (χ0) is 20.3. The van der Waals surface area contributed by atoms with Crippen molar-refractivity contribution in [2.75, 3.05) is 32.1 Å². The molecule has 0 saturated heterocycles. The second kappa shape index (κ2) is 10.7. The van der Waals surface area contributed by atoms with Gasteiger partial charge in [0.2, 0.25) is 5.91 Å². The van der Waals surface area contributed by atoms with Crippen molar-refractivity contribution < 1.29 is 19.0 Å². The number of carbonyl (C=O) groups excluding carboxylic acids is 1. The van der Waals surface area contributed by atoms with Crippen molar-refractivity contribution in [1.82, 2.24) is 5.32 Å². The molecule has 2 N–H and O–H groups in total. The number of hydrogen-bond acceptors (Lipinski definition) is 5. The predicted octanol–water partition coefficient (Wildman–Crippen LogP) is 4.09. The van der Waals surface area contributed by atoms with Crippen LogP contribution < -0.4 is 24.8 Å². The van der Waals surface area contributed by atoms with Gasteiger partial charge in [-0.2, -0.15) is 0 Å². The number of carbonyl (C=O) groups is 1. The van der Waals surface area contributed by atoms with E-state index >= 15 is 0 Å². The summed E-state index contributed by atoms with van der Waals surface area (Å²) >= 11 is 0. The lowest BCUT2D eigenvalue weighted by Crippen LogP contribution is -2.31. The predicted molar refractivity (Wildman–Crippen MR) is 113 cm³/mol. The molecule has 0 spiro atoms. The van der Waals surface area contributed by atoms with E-state index in [0.717, 1.165) is 11.5 Å². The molecule has 0 aliphatic rings. The molecule has 0 fully saturated rings. The van der Waals surface area contributed by atoms with Crippen molar-refractivity contribution in [3.63, 3.8) is 0 Å². The van der Waals surface area contributed by atoms with E-state index in [2.05, 4.69) is 10.6 Å². The van der Waals surface area contributed by atoms with Crippen LogP contribution in [0.5, 0.6) is 23.0 Å². The van der Waals surface area contributed by atoms with Crippen molar-refractivity contribution in [2.24, 2.45) is 0 Å². The number of nitrogens with one attached hydrogen (secondary N) is 2. The topological polar surface area (TPSA) is 68.8 Å². The standard InChI is InChI=1S/C23H24N2O4/c1-27-18-11-13-19(14-12-18)28-16-15-24-17-23(26)25-21-9-5-6-10-22(21)29-20-7-3-2-4-8-20/h2-14,24H,15-17H2,1H3,(H,25,26). The summed E-state index contributed by atoms with van der Waals surface area (Å²) in [6, 6.07) is 24.1. The molecule has 0 unspecified atom stereocenters. The average Bonchev–Trinajstić information content (AvgIpc) is 2.76. The monoisotopic (exact) mass is 392 g/mol. The maximum atomic E-state index is 12.2. The average molecular weight is 392 g/mol. The van der Waals surface area contributed by atoms with Crippen LogP contribution in [0.4, 0.5) is 5.69 Å². The van der Waals surface area contributed by atoms with Crippen LogP contribution in [0.3, 0.4) is 0 Å². The molecule has 150 valence electrons. The summed E-state index contributed by atoms with van der Waals surface area (Å²) in [6.45, 7) is 1.17. The normalized spacial score (nSPS) is 10.2. The lowest BCUT2D eigenvalue weighted by atomic mass is 10.3. The quantitative estimate of drug-likeness (QED) is 0.509. The number of rotatable bonds is 10. The van der Waals surface area contributed by atoms with E-state index in [4.69, 9.17) is 14.2 Å². The van der Waals surface area contributed by atoms with Crippen molar-refractivity contribution in [3.05, 3.63) is 78.9 Å². The molecule has 0 radical (unpaired) electrons. The van der Waals surface area contributed by atoms with E-state index in [0.29, 0.717) is 30.3 Å². The molecule has 3 rings (SSSR count). The number of para-hydroxylation sites is 3. The minimum absolute atomic E-state index is 0.154. The Morgan fingerprint density at radius 2 is 1.52 bits per heavy atom. The van der Waals surface area contributed by atoms with Gasteiger partial charge in [0.1, 0.15) is 23.9 Å². The smallest absolute Gasteiger partial charge is 0.238 e. The molecule has 0 bridgehead atoms. The Kier molecular flexibility index (Phi) is 7.48. The zero-order valence-corrected chi connectivity index (χ0v) is 16.3. The summed E-state index contributed by atoms with van der Waals surface area (Å²) in [5.41, 5.74) is 0.623. The van der Waals surface area contributed by atoms with Crippen LogP contribution in [0.1, 0.15) is 0 Å². The van der Waals surface area contributed by atoms with Gasteiger partial charge < -0.3 is 24.8 Å². The van der Waals surface area contributed by atoms with Crippen LogP contribution in [0.2, 0.25) is 0 Å². The second-order valence-corrected chi connectivity index (χ2v) is 6.16. The molecule has 3 aromatic carbocycles. The molecular weight excluding hydrogens is 368 g/mol. The molecule has 0 atom stereocenters. The molecule has 1 amide bonds. The fourth-order valence-electron chi connectivity index (χ4n) is 2.58. The molecule has 0 aromatic heterocycles. The minimum Gasteiger partial charge on any atom is -0.497 e. The third-order valence-electron chi connectivity index (χ3n) is 4.02. The van der Waals surface area contributed by atoms with Gasteiger partial charge in [-0.05, 0) is 48.5 Å². The van der Waals surface area contributed by atoms with Gasteiger partial charge in [-0.25, -0.2) is 0 Å². The Morgan fingerprint density at radius 1 is 0.828 bits per heavy atom. The maximum Gasteiger partial charge on any atom is 0.238 e. The summed E-state index contributed by atoms with van der Waals surface area (Å²) < 4.78 is 16.6. The van der Waals surface area contributed by atoms with Crippen molar-refractivity contribution >= 4 is 11.6 Å². The lowest BCUT2D eigenvalue weighted by Gasteiger charge is -2.12. The third kappa shape index (κ3) is 6.55. The van der Waals surface area contributed by atoms with Crippen LogP contribution in [0.15, 0.2) is 78.9 Å². The second-order valence-electron chi connectivity index (χ2n) is 6.16. The first-order valence-electron chi connectivity index (χ1n) is 9.34. The van der Waals surface area contributed by atoms with Crippen LogP contribution in [-0.2, 0) is 4.79 Å². The van der Waals surface area contributed by atoms with Crippen molar-refractivity contribution in [1.29, 1.82) is 0 Å². The fourth-order valence-corrected chi connectivity index (χ4v) is 2.58. The van der Waals surface area contributed by atoms with Gasteiger partial charge in [-0.1, -0.05) is 30.3 Å². The Hall–Kier alpha value is -3.51. The van der Waals surface area contributed by atoms with E-state index < -0.39 is 0 Å². The van der Waals surface area contributed by atoms with Gasteiger partial charge >= 0.3 is 0 Å². The molecule has 0 heterocycles. The SMILES string of the molecule is COc1ccc(OCCNCC(=O)Nc2ccccc2Oc2ccccc2)cc1. The molecule has 0 aliphatic heterocycles. The van der Waals surface area contributed by atoms with Gasteiger partial charge in [0, 0.05) is 6.54 Å². The van der Waals surface area contributed by atoms with E-state index in [1.807, 2.05) is 78.9 Å². The van der Waals surface area contributed by atoms with E-state index in [9.17, 15) is 4.79 Å². The highest BCUT2D eigenvalue weighted by molar-refractivity contribution is 5.93. The Labute approximate surface area is 170 Å². The first-order valence-corrected chi connectivity index (χ1v) is 9.34. The molecule has 6 heteroatoms. The number of benzene rings is 3. The Morgan fingerprint density at radius 3 is 2.28 bits per heavy atom. The molecule has 6 nitrogen and oxygen atoms in total. The van der Waals surface area contributed by atoms with Crippen LogP contribution in [0.25, 0.3) is 0 Å².